The Hall–Kier alpha value is -4.43. The number of aromatic nitrogens is 1. The van der Waals surface area contributed by atoms with E-state index in [0.29, 0.717) is 0 Å². The predicted molar refractivity (Wildman–Crippen MR) is 137 cm³/mol. The van der Waals surface area contributed by atoms with Crippen LogP contribution in [0, 0.1) is 0 Å². The van der Waals surface area contributed by atoms with E-state index in [0.717, 1.165) is 11.4 Å². The highest BCUT2D eigenvalue weighted by molar-refractivity contribution is 6.24. The molecule has 33 heavy (non-hydrogen) atoms. The molecule has 0 fully saturated rings. The van der Waals surface area contributed by atoms with E-state index in [1.807, 2.05) is 12.3 Å². The van der Waals surface area contributed by atoms with E-state index < -0.39 is 0 Å². The third kappa shape index (κ3) is 2.15. The molecule has 3 heterocycles. The van der Waals surface area contributed by atoms with Gasteiger partial charge < -0.3 is 4.90 Å². The highest BCUT2D eigenvalue weighted by atomic mass is 15.2. The fourth-order valence-electron chi connectivity index (χ4n) is 5.77. The minimum absolute atomic E-state index is 1.04. The van der Waals surface area contributed by atoms with E-state index in [2.05, 4.69) is 102 Å². The molecule has 0 spiro atoms. The number of rotatable bonds is 1. The molecule has 6 aromatic rings. The third-order valence-corrected chi connectivity index (χ3v) is 7.12. The lowest BCUT2D eigenvalue weighted by Gasteiger charge is -2.38. The quantitative estimate of drug-likeness (QED) is 0.266. The number of benzene rings is 5. The number of hydrogen-bond donors (Lipinski definition) is 0. The summed E-state index contributed by atoms with van der Waals surface area (Å²) in [4.78, 5) is 7.34. The van der Waals surface area contributed by atoms with Gasteiger partial charge in [-0.2, -0.15) is 0 Å². The molecular weight excluding hydrogens is 400 g/mol. The third-order valence-electron chi connectivity index (χ3n) is 7.12. The Balaban J connectivity index is 1.58. The van der Waals surface area contributed by atoms with Crippen molar-refractivity contribution < 1.29 is 0 Å². The average molecular weight is 418 g/mol. The lowest BCUT2D eigenvalue weighted by molar-refractivity contribution is 1.23. The number of hydrogen-bond acceptors (Lipinski definition) is 2. The first-order chi connectivity index (χ1) is 16.4. The molecule has 5 aromatic carbocycles. The van der Waals surface area contributed by atoms with E-state index in [-0.39, 0.29) is 0 Å². The first-order valence-electron chi connectivity index (χ1n) is 11.3. The van der Waals surface area contributed by atoms with Crippen molar-refractivity contribution in [3.63, 3.8) is 0 Å². The van der Waals surface area contributed by atoms with Gasteiger partial charge in [-0.25, -0.2) is 0 Å². The first kappa shape index (κ1) is 17.2. The molecule has 8 rings (SSSR count). The van der Waals surface area contributed by atoms with Crippen LogP contribution in [-0.2, 0) is 0 Å². The number of fused-ring (bicyclic) bond motifs is 5. The van der Waals surface area contributed by atoms with E-state index >= 15 is 0 Å². The lowest BCUT2D eigenvalue weighted by atomic mass is 9.83. The predicted octanol–water partition coefficient (Wildman–Crippen LogP) is 8.49. The van der Waals surface area contributed by atoms with Gasteiger partial charge >= 0.3 is 0 Å². The summed E-state index contributed by atoms with van der Waals surface area (Å²) < 4.78 is 0. The van der Waals surface area contributed by atoms with Crippen LogP contribution in [0.1, 0.15) is 0 Å². The highest BCUT2D eigenvalue weighted by Gasteiger charge is 2.34. The van der Waals surface area contributed by atoms with E-state index in [1.165, 1.54) is 60.7 Å². The van der Waals surface area contributed by atoms with Crippen molar-refractivity contribution in [2.24, 2.45) is 0 Å². The van der Waals surface area contributed by atoms with Crippen molar-refractivity contribution >= 4 is 38.6 Å². The second-order valence-corrected chi connectivity index (χ2v) is 8.84. The molecule has 0 aliphatic carbocycles. The zero-order chi connectivity index (χ0) is 21.5. The molecule has 0 atom stereocenters. The van der Waals surface area contributed by atoms with Crippen molar-refractivity contribution in [3.05, 3.63) is 109 Å². The van der Waals surface area contributed by atoms with Crippen LogP contribution in [0.2, 0.25) is 0 Å². The topological polar surface area (TPSA) is 16.1 Å². The van der Waals surface area contributed by atoms with E-state index in [4.69, 9.17) is 4.98 Å². The summed E-state index contributed by atoms with van der Waals surface area (Å²) in [7, 11) is 0. The van der Waals surface area contributed by atoms with Crippen LogP contribution >= 0.6 is 0 Å². The van der Waals surface area contributed by atoms with Crippen molar-refractivity contribution in [1.82, 2.24) is 4.98 Å². The number of nitrogens with zero attached hydrogens (tertiary/aromatic N) is 2. The molecule has 2 aliphatic rings. The van der Waals surface area contributed by atoms with E-state index in [9.17, 15) is 0 Å². The van der Waals surface area contributed by atoms with Gasteiger partial charge in [-0.05, 0) is 57.8 Å². The summed E-state index contributed by atoms with van der Waals surface area (Å²) in [5.74, 6) is 0. The molecule has 0 unspecified atom stereocenters. The minimum Gasteiger partial charge on any atom is -0.306 e. The Bertz CT molecular complexity index is 1760. The van der Waals surface area contributed by atoms with Gasteiger partial charge in [0.2, 0.25) is 0 Å². The molecule has 0 saturated heterocycles. The Morgan fingerprint density at radius 3 is 2.27 bits per heavy atom. The molecule has 0 saturated carbocycles. The SMILES string of the molecule is c1ccc(-c2cc3c4c5c(ccc4c2)-c2cccc4cccc(c24)N5c2cccnc2-3)cc1. The zero-order valence-corrected chi connectivity index (χ0v) is 17.8. The monoisotopic (exact) mass is 418 g/mol. The van der Waals surface area contributed by atoms with Crippen LogP contribution in [0.4, 0.5) is 17.1 Å². The number of pyridine rings is 1. The molecule has 2 aliphatic heterocycles. The summed E-state index contributed by atoms with van der Waals surface area (Å²) in [6.07, 6.45) is 1.91. The summed E-state index contributed by atoms with van der Waals surface area (Å²) in [5.41, 5.74) is 10.9. The van der Waals surface area contributed by atoms with Crippen molar-refractivity contribution in [2.45, 2.75) is 0 Å². The summed E-state index contributed by atoms with van der Waals surface area (Å²) in [5, 5.41) is 5.11. The number of anilines is 3. The largest absolute Gasteiger partial charge is 0.306 e. The molecule has 0 N–H and O–H groups in total. The zero-order valence-electron chi connectivity index (χ0n) is 17.8. The van der Waals surface area contributed by atoms with Gasteiger partial charge in [0.15, 0.2) is 0 Å². The molecular formula is C31H18N2. The molecule has 0 amide bonds. The first-order valence-corrected chi connectivity index (χ1v) is 11.3. The van der Waals surface area contributed by atoms with Gasteiger partial charge in [0, 0.05) is 28.1 Å². The maximum Gasteiger partial charge on any atom is 0.0949 e. The van der Waals surface area contributed by atoms with Gasteiger partial charge in [-0.1, -0.05) is 72.8 Å². The molecule has 0 radical (unpaired) electrons. The highest BCUT2D eigenvalue weighted by Crippen LogP contribution is 2.58. The smallest absolute Gasteiger partial charge is 0.0949 e. The molecule has 0 bridgehead atoms. The molecule has 1 aromatic heterocycles. The van der Waals surface area contributed by atoms with Crippen LogP contribution < -0.4 is 4.90 Å². The molecule has 2 nitrogen and oxygen atoms in total. The molecule has 152 valence electrons. The van der Waals surface area contributed by atoms with Gasteiger partial charge in [-0.15, -0.1) is 0 Å². The second-order valence-electron chi connectivity index (χ2n) is 8.84. The van der Waals surface area contributed by atoms with Crippen molar-refractivity contribution in [2.75, 3.05) is 4.90 Å². The Labute approximate surface area is 191 Å². The summed E-state index contributed by atoms with van der Waals surface area (Å²) in [6, 6.07) is 37.4. The Morgan fingerprint density at radius 1 is 0.515 bits per heavy atom. The van der Waals surface area contributed by atoms with Gasteiger partial charge in [0.25, 0.3) is 0 Å². The van der Waals surface area contributed by atoms with Gasteiger partial charge in [0.1, 0.15) is 0 Å². The Morgan fingerprint density at radius 2 is 1.36 bits per heavy atom. The van der Waals surface area contributed by atoms with Crippen molar-refractivity contribution in [3.8, 4) is 33.5 Å². The minimum atomic E-state index is 1.04. The maximum absolute atomic E-state index is 4.91. The Kier molecular flexibility index (Phi) is 3.16. The van der Waals surface area contributed by atoms with Crippen molar-refractivity contribution in [1.29, 1.82) is 0 Å². The second kappa shape index (κ2) is 6.08. The average Bonchev–Trinajstić information content (AvgIpc) is 2.89. The summed E-state index contributed by atoms with van der Waals surface area (Å²) in [6.45, 7) is 0. The molecule has 2 heteroatoms. The summed E-state index contributed by atoms with van der Waals surface area (Å²) >= 11 is 0. The maximum atomic E-state index is 4.91. The van der Waals surface area contributed by atoms with Gasteiger partial charge in [0.05, 0.1) is 22.8 Å². The van der Waals surface area contributed by atoms with Crippen LogP contribution in [0.25, 0.3) is 55.1 Å². The lowest BCUT2D eigenvalue weighted by Crippen LogP contribution is -2.19. The van der Waals surface area contributed by atoms with Gasteiger partial charge in [-0.3, -0.25) is 4.98 Å². The van der Waals surface area contributed by atoms with Crippen LogP contribution in [0.15, 0.2) is 109 Å². The van der Waals surface area contributed by atoms with Crippen LogP contribution in [0.5, 0.6) is 0 Å². The fourth-order valence-corrected chi connectivity index (χ4v) is 5.77. The van der Waals surface area contributed by atoms with E-state index in [1.54, 1.807) is 0 Å². The standard InChI is InChI=1S/C31H18N2/c1-2-7-19(8-3-1)22-17-21-14-15-24-23-11-4-9-20-10-5-12-26(28(20)23)33-27-13-6-16-32-30(27)25(18-22)29(21)31(24)33/h1-18H. The normalized spacial score (nSPS) is 12.8. The fraction of sp³-hybridized carbons (Fsp3) is 0. The van der Waals surface area contributed by atoms with Crippen LogP contribution in [0.3, 0.4) is 0 Å². The van der Waals surface area contributed by atoms with Crippen LogP contribution in [-0.4, -0.2) is 4.98 Å².